The van der Waals surface area contributed by atoms with Gasteiger partial charge in [-0.3, -0.25) is 14.2 Å². The molecule has 0 saturated heterocycles. The molecule has 6 nitrogen and oxygen atoms in total. The minimum Gasteiger partial charge on any atom is -0.494 e. The van der Waals surface area contributed by atoms with Crippen molar-refractivity contribution in [1.82, 2.24) is 9.55 Å². The van der Waals surface area contributed by atoms with Gasteiger partial charge in [-0.25, -0.2) is 4.98 Å². The minimum absolute atomic E-state index is 0.115. The number of nitrogens with one attached hydrogen (secondary N) is 1. The van der Waals surface area contributed by atoms with Crippen LogP contribution in [0, 0.1) is 13.8 Å². The molecule has 1 N–H and O–H groups in total. The fourth-order valence-corrected chi connectivity index (χ4v) is 3.71. The van der Waals surface area contributed by atoms with E-state index >= 15 is 0 Å². The van der Waals surface area contributed by atoms with Gasteiger partial charge in [-0.05, 0) is 80.4 Å². The first kappa shape index (κ1) is 22.3. The molecule has 0 radical (unpaired) electrons. The molecule has 4 aromatic rings. The number of amides is 1. The van der Waals surface area contributed by atoms with Gasteiger partial charge < -0.3 is 10.1 Å². The van der Waals surface area contributed by atoms with Crippen LogP contribution in [0.5, 0.6) is 5.75 Å². The second kappa shape index (κ2) is 9.69. The average Bonchev–Trinajstić information content (AvgIpc) is 2.81. The predicted octanol–water partition coefficient (Wildman–Crippen LogP) is 5.43. The highest BCUT2D eigenvalue weighted by Crippen LogP contribution is 2.21. The van der Waals surface area contributed by atoms with E-state index in [1.807, 2.05) is 62.4 Å². The quantitative estimate of drug-likeness (QED) is 0.388. The van der Waals surface area contributed by atoms with Gasteiger partial charge in [0.05, 0.1) is 23.2 Å². The number of carbonyl (C=O) groups excluding carboxylic acids is 1. The van der Waals surface area contributed by atoms with E-state index < -0.39 is 0 Å². The molecule has 0 atom stereocenters. The second-order valence-corrected chi connectivity index (χ2v) is 8.00. The van der Waals surface area contributed by atoms with Crippen LogP contribution in [0.15, 0.2) is 71.5 Å². The van der Waals surface area contributed by atoms with E-state index in [1.54, 1.807) is 22.8 Å². The van der Waals surface area contributed by atoms with Crippen LogP contribution in [0.1, 0.15) is 41.5 Å². The molecule has 1 aromatic heterocycles. The molecule has 1 heterocycles. The second-order valence-electron chi connectivity index (χ2n) is 8.00. The molecule has 0 fully saturated rings. The highest BCUT2D eigenvalue weighted by Gasteiger charge is 2.12. The van der Waals surface area contributed by atoms with Gasteiger partial charge in [0.15, 0.2) is 0 Å². The summed E-state index contributed by atoms with van der Waals surface area (Å²) in [6.07, 6.45) is 2.07. The SMILES string of the molecule is CCCCOc1ccc(C(=O)Nc2ccc(-n3c(C)nc4ccccc4c3=O)cc2C)cc1. The van der Waals surface area contributed by atoms with Crippen LogP contribution >= 0.6 is 0 Å². The molecule has 6 heteroatoms. The fraction of sp³-hybridized carbons (Fsp3) is 0.222. The monoisotopic (exact) mass is 441 g/mol. The smallest absolute Gasteiger partial charge is 0.265 e. The minimum atomic E-state index is -0.202. The molecule has 0 aliphatic rings. The van der Waals surface area contributed by atoms with E-state index in [0.717, 1.165) is 24.2 Å². The van der Waals surface area contributed by atoms with Crippen molar-refractivity contribution in [3.05, 3.63) is 94.0 Å². The number of rotatable bonds is 7. The van der Waals surface area contributed by atoms with Crippen LogP contribution in [0.3, 0.4) is 0 Å². The van der Waals surface area contributed by atoms with Gasteiger partial charge in [-0.2, -0.15) is 0 Å². The van der Waals surface area contributed by atoms with Crippen LogP contribution < -0.4 is 15.6 Å². The normalized spacial score (nSPS) is 10.9. The van der Waals surface area contributed by atoms with Gasteiger partial charge in [0, 0.05) is 11.3 Å². The Hall–Kier alpha value is -3.93. The van der Waals surface area contributed by atoms with Gasteiger partial charge in [0.25, 0.3) is 11.5 Å². The zero-order chi connectivity index (χ0) is 23.4. The van der Waals surface area contributed by atoms with E-state index in [-0.39, 0.29) is 11.5 Å². The van der Waals surface area contributed by atoms with Crippen molar-refractivity contribution >= 4 is 22.5 Å². The summed E-state index contributed by atoms with van der Waals surface area (Å²) in [5, 5.41) is 3.52. The number of carbonyl (C=O) groups is 1. The number of ether oxygens (including phenoxy) is 1. The molecule has 4 rings (SSSR count). The third kappa shape index (κ3) is 4.80. The molecule has 3 aromatic carbocycles. The summed E-state index contributed by atoms with van der Waals surface area (Å²) < 4.78 is 7.25. The van der Waals surface area contributed by atoms with Gasteiger partial charge in [0.2, 0.25) is 0 Å². The van der Waals surface area contributed by atoms with Crippen LogP contribution in [-0.4, -0.2) is 22.1 Å². The number of unbranched alkanes of at least 4 members (excludes halogenated alkanes) is 1. The lowest BCUT2D eigenvalue weighted by atomic mass is 10.1. The summed E-state index contributed by atoms with van der Waals surface area (Å²) in [5.74, 6) is 1.16. The molecule has 33 heavy (non-hydrogen) atoms. The Morgan fingerprint density at radius 2 is 1.79 bits per heavy atom. The van der Waals surface area contributed by atoms with Crippen LogP contribution in [0.4, 0.5) is 5.69 Å². The maximum atomic E-state index is 13.1. The summed E-state index contributed by atoms with van der Waals surface area (Å²) in [6.45, 7) is 6.50. The topological polar surface area (TPSA) is 73.2 Å². The Morgan fingerprint density at radius 3 is 2.52 bits per heavy atom. The van der Waals surface area contributed by atoms with E-state index in [9.17, 15) is 9.59 Å². The number of anilines is 1. The van der Waals surface area contributed by atoms with Crippen molar-refractivity contribution in [2.24, 2.45) is 0 Å². The summed E-state index contributed by atoms with van der Waals surface area (Å²) in [5.41, 5.74) is 3.35. The highest BCUT2D eigenvalue weighted by molar-refractivity contribution is 6.04. The van der Waals surface area contributed by atoms with Crippen molar-refractivity contribution in [3.8, 4) is 11.4 Å². The van der Waals surface area contributed by atoms with Crippen LogP contribution in [-0.2, 0) is 0 Å². The molecule has 1 amide bonds. The summed E-state index contributed by atoms with van der Waals surface area (Å²) in [6, 6.07) is 19.9. The zero-order valence-corrected chi connectivity index (χ0v) is 19.1. The van der Waals surface area contributed by atoms with E-state index in [4.69, 9.17) is 4.74 Å². The number of hydrogen-bond donors (Lipinski definition) is 1. The van der Waals surface area contributed by atoms with E-state index in [0.29, 0.717) is 40.3 Å². The molecule has 0 spiro atoms. The third-order valence-corrected chi connectivity index (χ3v) is 5.54. The average molecular weight is 442 g/mol. The van der Waals surface area contributed by atoms with E-state index in [1.165, 1.54) is 0 Å². The fourth-order valence-electron chi connectivity index (χ4n) is 3.71. The summed E-state index contributed by atoms with van der Waals surface area (Å²) in [7, 11) is 0. The van der Waals surface area contributed by atoms with Crippen molar-refractivity contribution < 1.29 is 9.53 Å². The maximum absolute atomic E-state index is 13.1. The van der Waals surface area contributed by atoms with Crippen LogP contribution in [0.25, 0.3) is 16.6 Å². The Balaban J connectivity index is 1.54. The molecular weight excluding hydrogens is 414 g/mol. The predicted molar refractivity (Wildman–Crippen MR) is 132 cm³/mol. The summed E-state index contributed by atoms with van der Waals surface area (Å²) in [4.78, 5) is 30.4. The lowest BCUT2D eigenvalue weighted by molar-refractivity contribution is 0.102. The van der Waals surface area contributed by atoms with Crippen LogP contribution in [0.2, 0.25) is 0 Å². The number of fused-ring (bicyclic) bond motifs is 1. The van der Waals surface area contributed by atoms with Gasteiger partial charge in [-0.1, -0.05) is 25.5 Å². The molecular formula is C27H27N3O3. The van der Waals surface area contributed by atoms with Crippen molar-refractivity contribution in [2.75, 3.05) is 11.9 Å². The number of hydrogen-bond acceptors (Lipinski definition) is 4. The highest BCUT2D eigenvalue weighted by atomic mass is 16.5. The van der Waals surface area contributed by atoms with Crippen molar-refractivity contribution in [1.29, 1.82) is 0 Å². The third-order valence-electron chi connectivity index (χ3n) is 5.54. The number of nitrogens with zero attached hydrogens (tertiary/aromatic N) is 2. The lowest BCUT2D eigenvalue weighted by Crippen LogP contribution is -2.22. The number of aryl methyl sites for hydroxylation is 2. The van der Waals surface area contributed by atoms with Crippen molar-refractivity contribution in [2.45, 2.75) is 33.6 Å². The first-order valence-corrected chi connectivity index (χ1v) is 11.1. The standard InChI is InChI=1S/C27H27N3O3/c1-4-5-16-33-22-13-10-20(11-14-22)26(31)29-24-15-12-21(17-18(24)2)30-19(3)28-25-9-7-6-8-23(25)27(30)32/h6-15,17H,4-5,16H2,1-3H3,(H,29,31). The first-order chi connectivity index (χ1) is 16.0. The van der Waals surface area contributed by atoms with Crippen molar-refractivity contribution in [3.63, 3.8) is 0 Å². The zero-order valence-electron chi connectivity index (χ0n) is 19.1. The number of aromatic nitrogens is 2. The molecule has 0 aliphatic carbocycles. The molecule has 168 valence electrons. The number of para-hydroxylation sites is 1. The van der Waals surface area contributed by atoms with Gasteiger partial charge in [-0.15, -0.1) is 0 Å². The maximum Gasteiger partial charge on any atom is 0.265 e. The first-order valence-electron chi connectivity index (χ1n) is 11.1. The molecule has 0 aliphatic heterocycles. The molecule has 0 bridgehead atoms. The Morgan fingerprint density at radius 1 is 1.03 bits per heavy atom. The largest absolute Gasteiger partial charge is 0.494 e. The van der Waals surface area contributed by atoms with E-state index in [2.05, 4.69) is 17.2 Å². The Bertz CT molecular complexity index is 1360. The molecule has 0 saturated carbocycles. The summed E-state index contributed by atoms with van der Waals surface area (Å²) >= 11 is 0. The molecule has 0 unspecified atom stereocenters. The van der Waals surface area contributed by atoms with Gasteiger partial charge >= 0.3 is 0 Å². The number of benzene rings is 3. The Kier molecular flexibility index (Phi) is 6.54. The van der Waals surface area contributed by atoms with Gasteiger partial charge in [0.1, 0.15) is 11.6 Å². The Labute approximate surface area is 192 Å². The lowest BCUT2D eigenvalue weighted by Gasteiger charge is -2.14.